The van der Waals surface area contributed by atoms with Crippen molar-refractivity contribution in [2.24, 2.45) is 0 Å². The van der Waals surface area contributed by atoms with Crippen LogP contribution in [-0.4, -0.2) is 24.1 Å². The smallest absolute Gasteiger partial charge is 0.410 e. The van der Waals surface area contributed by atoms with Gasteiger partial charge >= 0.3 is 6.09 Å². The van der Waals surface area contributed by atoms with E-state index in [0.29, 0.717) is 19.7 Å². The Morgan fingerprint density at radius 2 is 1.93 bits per heavy atom. The van der Waals surface area contributed by atoms with Crippen LogP contribution >= 0.6 is 0 Å². The van der Waals surface area contributed by atoms with Crippen LogP contribution in [0, 0.1) is 19.3 Å². The highest BCUT2D eigenvalue weighted by molar-refractivity contribution is 5.68. The molecule has 28 heavy (non-hydrogen) atoms. The number of amides is 1. The van der Waals surface area contributed by atoms with Gasteiger partial charge in [-0.1, -0.05) is 61.4 Å². The minimum atomic E-state index is -0.225. The Balaban J connectivity index is 1.59. The molecule has 2 aromatic rings. The minimum Gasteiger partial charge on any atom is -0.445 e. The van der Waals surface area contributed by atoms with Crippen molar-refractivity contribution in [3.63, 3.8) is 0 Å². The predicted molar refractivity (Wildman–Crippen MR) is 114 cm³/mol. The molecular formula is C25H27NO2. The van der Waals surface area contributed by atoms with Gasteiger partial charge in [-0.3, -0.25) is 0 Å². The maximum Gasteiger partial charge on any atom is 0.410 e. The molecular weight excluding hydrogens is 346 g/mol. The van der Waals surface area contributed by atoms with Gasteiger partial charge in [0.05, 0.1) is 0 Å². The normalized spacial score (nSPS) is 16.0. The first kappa shape index (κ1) is 19.8. The molecule has 1 fully saturated rings. The maximum atomic E-state index is 12.4. The average molecular weight is 373 g/mol. The topological polar surface area (TPSA) is 29.5 Å². The van der Waals surface area contributed by atoms with E-state index in [1.54, 1.807) is 6.08 Å². The highest BCUT2D eigenvalue weighted by Crippen LogP contribution is 2.36. The lowest BCUT2D eigenvalue weighted by Crippen LogP contribution is -2.44. The second kappa shape index (κ2) is 8.80. The summed E-state index contributed by atoms with van der Waals surface area (Å²) in [5.74, 6) is 2.54. The fourth-order valence-corrected chi connectivity index (χ4v) is 3.66. The number of aryl methyl sites for hydroxylation is 1. The lowest BCUT2D eigenvalue weighted by atomic mass is 9.74. The molecule has 3 heteroatoms. The van der Waals surface area contributed by atoms with Crippen LogP contribution in [0.1, 0.15) is 42.0 Å². The first-order chi connectivity index (χ1) is 13.5. The number of benzene rings is 2. The molecule has 0 saturated carbocycles. The summed E-state index contributed by atoms with van der Waals surface area (Å²) < 4.78 is 5.48. The Morgan fingerprint density at radius 1 is 1.21 bits per heavy atom. The number of terminal acetylenes is 1. The van der Waals surface area contributed by atoms with E-state index < -0.39 is 0 Å². The number of hydrogen-bond donors (Lipinski definition) is 0. The standard InChI is InChI=1S/C25H27NO2/c1-4-5-11-22-12-13-23(18-20(22)2)25(3)14-16-26(17-15-25)24(27)28-19-21-9-7-6-8-10-21/h1,5-13,18H,14-17,19H2,2-3H3/b11-5-. The van der Waals surface area contributed by atoms with Gasteiger partial charge in [-0.2, -0.15) is 0 Å². The molecule has 1 aliphatic heterocycles. The van der Waals surface area contributed by atoms with Gasteiger partial charge in [-0.25, -0.2) is 4.79 Å². The summed E-state index contributed by atoms with van der Waals surface area (Å²) in [6, 6.07) is 16.3. The maximum absolute atomic E-state index is 12.4. The quantitative estimate of drug-likeness (QED) is 0.678. The van der Waals surface area contributed by atoms with E-state index in [9.17, 15) is 4.79 Å². The molecule has 0 atom stereocenters. The zero-order valence-electron chi connectivity index (χ0n) is 16.7. The molecule has 0 radical (unpaired) electrons. The Morgan fingerprint density at radius 3 is 2.57 bits per heavy atom. The van der Waals surface area contributed by atoms with Crippen LogP contribution in [0.25, 0.3) is 6.08 Å². The van der Waals surface area contributed by atoms with Gasteiger partial charge in [-0.05, 0) is 59.6 Å². The number of rotatable bonds is 4. The first-order valence-corrected chi connectivity index (χ1v) is 9.71. The zero-order chi connectivity index (χ0) is 20.0. The molecule has 3 nitrogen and oxygen atoms in total. The lowest BCUT2D eigenvalue weighted by molar-refractivity contribution is 0.0793. The second-order valence-electron chi connectivity index (χ2n) is 7.66. The van der Waals surface area contributed by atoms with Gasteiger partial charge < -0.3 is 9.64 Å². The highest BCUT2D eigenvalue weighted by atomic mass is 16.6. The summed E-state index contributed by atoms with van der Waals surface area (Å²) in [4.78, 5) is 14.2. The number of allylic oxidation sites excluding steroid dienone is 1. The van der Waals surface area contributed by atoms with Crippen molar-refractivity contribution in [1.29, 1.82) is 0 Å². The fourth-order valence-electron chi connectivity index (χ4n) is 3.66. The molecule has 0 bridgehead atoms. The van der Waals surface area contributed by atoms with Crippen molar-refractivity contribution in [1.82, 2.24) is 4.90 Å². The monoisotopic (exact) mass is 373 g/mol. The van der Waals surface area contributed by atoms with Crippen LogP contribution in [0.2, 0.25) is 0 Å². The number of ether oxygens (including phenoxy) is 1. The number of likely N-dealkylation sites (tertiary alicyclic amines) is 1. The lowest BCUT2D eigenvalue weighted by Gasteiger charge is -2.39. The minimum absolute atomic E-state index is 0.0648. The van der Waals surface area contributed by atoms with Crippen LogP contribution < -0.4 is 0 Å². The molecule has 1 heterocycles. The third kappa shape index (κ3) is 4.64. The Labute approximate surface area is 168 Å². The average Bonchev–Trinajstić information content (AvgIpc) is 2.72. The summed E-state index contributed by atoms with van der Waals surface area (Å²) in [6.45, 7) is 6.13. The van der Waals surface area contributed by atoms with Crippen LogP contribution in [0.15, 0.2) is 54.6 Å². The molecule has 0 aliphatic carbocycles. The molecule has 1 saturated heterocycles. The molecule has 0 spiro atoms. The Kier molecular flexibility index (Phi) is 6.21. The van der Waals surface area contributed by atoms with Crippen LogP contribution in [0.3, 0.4) is 0 Å². The summed E-state index contributed by atoms with van der Waals surface area (Å²) in [5.41, 5.74) is 4.75. The van der Waals surface area contributed by atoms with Crippen molar-refractivity contribution in [3.8, 4) is 12.3 Å². The third-order valence-corrected chi connectivity index (χ3v) is 5.66. The second-order valence-corrected chi connectivity index (χ2v) is 7.66. The van der Waals surface area contributed by atoms with Crippen molar-refractivity contribution < 1.29 is 9.53 Å². The molecule has 144 valence electrons. The first-order valence-electron chi connectivity index (χ1n) is 9.71. The number of carbonyl (C=O) groups is 1. The highest BCUT2D eigenvalue weighted by Gasteiger charge is 2.34. The van der Waals surface area contributed by atoms with Crippen molar-refractivity contribution in [3.05, 3.63) is 76.9 Å². The fraction of sp³-hybridized carbons (Fsp3) is 0.320. The van der Waals surface area contributed by atoms with E-state index in [0.717, 1.165) is 24.0 Å². The van der Waals surface area contributed by atoms with Gasteiger partial charge in [0.15, 0.2) is 0 Å². The van der Waals surface area contributed by atoms with E-state index >= 15 is 0 Å². The van der Waals surface area contributed by atoms with E-state index in [1.165, 1.54) is 11.1 Å². The predicted octanol–water partition coefficient (Wildman–Crippen LogP) is 5.33. The largest absolute Gasteiger partial charge is 0.445 e. The van der Waals surface area contributed by atoms with Gasteiger partial charge in [0.1, 0.15) is 6.61 Å². The number of piperidine rings is 1. The summed E-state index contributed by atoms with van der Waals surface area (Å²) in [5, 5.41) is 0. The van der Waals surface area contributed by atoms with Gasteiger partial charge in [0.25, 0.3) is 0 Å². The summed E-state index contributed by atoms with van der Waals surface area (Å²) >= 11 is 0. The molecule has 3 rings (SSSR count). The van der Waals surface area contributed by atoms with Crippen LogP contribution in [0.4, 0.5) is 4.79 Å². The van der Waals surface area contributed by atoms with E-state index in [2.05, 4.69) is 38.0 Å². The Hall–Kier alpha value is -2.99. The summed E-state index contributed by atoms with van der Waals surface area (Å²) in [7, 11) is 0. The summed E-state index contributed by atoms with van der Waals surface area (Å²) in [6.07, 6.45) is 10.6. The Bertz CT molecular complexity index is 885. The molecule has 1 aliphatic rings. The van der Waals surface area contributed by atoms with E-state index in [1.807, 2.05) is 41.3 Å². The SMILES string of the molecule is C#C/C=C\c1ccc(C2(C)CCN(C(=O)OCc3ccccc3)CC2)cc1C. The molecule has 0 N–H and O–H groups in total. The van der Waals surface area contributed by atoms with Crippen molar-refractivity contribution in [2.45, 2.75) is 38.7 Å². The number of hydrogen-bond acceptors (Lipinski definition) is 2. The number of carbonyl (C=O) groups excluding carboxylic acids is 1. The van der Waals surface area contributed by atoms with Crippen LogP contribution in [0.5, 0.6) is 0 Å². The molecule has 1 amide bonds. The van der Waals surface area contributed by atoms with Gasteiger partial charge in [-0.15, -0.1) is 6.42 Å². The van der Waals surface area contributed by atoms with Gasteiger partial charge in [0, 0.05) is 13.1 Å². The van der Waals surface area contributed by atoms with E-state index in [4.69, 9.17) is 11.2 Å². The number of nitrogens with zero attached hydrogens (tertiary/aromatic N) is 1. The third-order valence-electron chi connectivity index (χ3n) is 5.66. The zero-order valence-corrected chi connectivity index (χ0v) is 16.7. The van der Waals surface area contributed by atoms with Gasteiger partial charge in [0.2, 0.25) is 0 Å². The van der Waals surface area contributed by atoms with Crippen LogP contribution in [-0.2, 0) is 16.8 Å². The molecule has 0 unspecified atom stereocenters. The molecule has 0 aromatic heterocycles. The van der Waals surface area contributed by atoms with Crippen molar-refractivity contribution in [2.75, 3.05) is 13.1 Å². The molecule has 2 aromatic carbocycles. The van der Waals surface area contributed by atoms with Crippen molar-refractivity contribution >= 4 is 12.2 Å². The van der Waals surface area contributed by atoms with E-state index in [-0.39, 0.29) is 11.5 Å².